The SMILES string of the molecule is Nn1cc(-c2ccccc2)nc1SCc1nc(Cc2ccccc2)no1. The zero-order valence-corrected chi connectivity index (χ0v) is 14.8. The number of benzene rings is 2. The molecule has 0 amide bonds. The Bertz CT molecular complexity index is 982. The van der Waals surface area contributed by atoms with Crippen molar-refractivity contribution in [2.75, 3.05) is 5.84 Å². The zero-order chi connectivity index (χ0) is 17.8. The molecule has 2 N–H and O–H groups in total. The lowest BCUT2D eigenvalue weighted by Gasteiger charge is -1.97. The molecule has 0 saturated heterocycles. The molecule has 0 bridgehead atoms. The summed E-state index contributed by atoms with van der Waals surface area (Å²) in [6.07, 6.45) is 2.46. The fourth-order valence-electron chi connectivity index (χ4n) is 2.56. The summed E-state index contributed by atoms with van der Waals surface area (Å²) in [6.45, 7) is 0. The summed E-state index contributed by atoms with van der Waals surface area (Å²) in [7, 11) is 0. The summed E-state index contributed by atoms with van der Waals surface area (Å²) in [5.74, 6) is 7.77. The quantitative estimate of drug-likeness (QED) is 0.417. The fourth-order valence-corrected chi connectivity index (χ4v) is 3.29. The van der Waals surface area contributed by atoms with Gasteiger partial charge in [0, 0.05) is 12.0 Å². The van der Waals surface area contributed by atoms with Crippen molar-refractivity contribution in [3.05, 3.63) is 84.1 Å². The van der Waals surface area contributed by atoms with Crippen molar-refractivity contribution in [3.8, 4) is 11.3 Å². The van der Waals surface area contributed by atoms with E-state index in [0.29, 0.717) is 29.0 Å². The third kappa shape index (κ3) is 3.78. The van der Waals surface area contributed by atoms with Gasteiger partial charge < -0.3 is 10.4 Å². The number of thioether (sulfide) groups is 1. The lowest BCUT2D eigenvalue weighted by Crippen LogP contribution is -2.07. The van der Waals surface area contributed by atoms with Crippen LogP contribution in [0.5, 0.6) is 0 Å². The highest BCUT2D eigenvalue weighted by Gasteiger charge is 2.12. The first-order valence-corrected chi connectivity index (χ1v) is 9.14. The zero-order valence-electron chi connectivity index (χ0n) is 13.9. The van der Waals surface area contributed by atoms with Gasteiger partial charge in [-0.15, -0.1) is 0 Å². The molecule has 0 aliphatic heterocycles. The first-order chi connectivity index (χ1) is 12.8. The van der Waals surface area contributed by atoms with E-state index >= 15 is 0 Å². The van der Waals surface area contributed by atoms with E-state index in [9.17, 15) is 0 Å². The Hall–Kier alpha value is -3.06. The lowest BCUT2D eigenvalue weighted by atomic mass is 10.1. The molecular weight excluding hydrogens is 346 g/mol. The van der Waals surface area contributed by atoms with Gasteiger partial charge in [-0.25, -0.2) is 9.66 Å². The van der Waals surface area contributed by atoms with Crippen LogP contribution in [0, 0.1) is 0 Å². The summed E-state index contributed by atoms with van der Waals surface area (Å²) >= 11 is 1.47. The first kappa shape index (κ1) is 16.4. The summed E-state index contributed by atoms with van der Waals surface area (Å²) in [5.41, 5.74) is 3.02. The molecule has 0 aliphatic carbocycles. The molecule has 4 rings (SSSR count). The van der Waals surface area contributed by atoms with E-state index in [4.69, 9.17) is 10.4 Å². The molecule has 4 aromatic rings. The molecule has 7 heteroatoms. The second-order valence-electron chi connectivity index (χ2n) is 5.74. The van der Waals surface area contributed by atoms with E-state index in [1.165, 1.54) is 16.4 Å². The molecule has 0 spiro atoms. The summed E-state index contributed by atoms with van der Waals surface area (Å²) < 4.78 is 6.85. The molecule has 0 fully saturated rings. The van der Waals surface area contributed by atoms with Crippen LogP contribution in [-0.4, -0.2) is 19.8 Å². The van der Waals surface area contributed by atoms with Crippen LogP contribution in [-0.2, 0) is 12.2 Å². The number of nitrogens with zero attached hydrogens (tertiary/aromatic N) is 4. The Kier molecular flexibility index (Phi) is 4.70. The van der Waals surface area contributed by atoms with Crippen LogP contribution in [0.4, 0.5) is 0 Å². The minimum absolute atomic E-state index is 0.518. The molecule has 2 heterocycles. The predicted molar refractivity (Wildman–Crippen MR) is 101 cm³/mol. The number of rotatable bonds is 6. The Balaban J connectivity index is 1.41. The number of hydrogen-bond acceptors (Lipinski definition) is 6. The van der Waals surface area contributed by atoms with E-state index in [-0.39, 0.29) is 0 Å². The molecule has 0 atom stereocenters. The summed E-state index contributed by atoms with van der Waals surface area (Å²) in [5, 5.41) is 4.74. The van der Waals surface area contributed by atoms with Gasteiger partial charge in [0.2, 0.25) is 5.89 Å². The van der Waals surface area contributed by atoms with Crippen molar-refractivity contribution >= 4 is 11.8 Å². The standard InChI is InChI=1S/C19H17N5OS/c20-24-12-16(15-9-5-2-6-10-15)21-19(24)26-13-18-22-17(23-25-18)11-14-7-3-1-4-8-14/h1-10,12H,11,13,20H2. The molecule has 130 valence electrons. The highest BCUT2D eigenvalue weighted by atomic mass is 32.2. The van der Waals surface area contributed by atoms with Crippen molar-refractivity contribution in [1.82, 2.24) is 19.8 Å². The van der Waals surface area contributed by atoms with Gasteiger partial charge in [0.15, 0.2) is 11.0 Å². The van der Waals surface area contributed by atoms with Gasteiger partial charge in [-0.3, -0.25) is 0 Å². The lowest BCUT2D eigenvalue weighted by molar-refractivity contribution is 0.385. The van der Waals surface area contributed by atoms with Gasteiger partial charge in [0.05, 0.1) is 17.6 Å². The minimum Gasteiger partial charge on any atom is -0.338 e. The van der Waals surface area contributed by atoms with Crippen molar-refractivity contribution in [2.45, 2.75) is 17.3 Å². The second kappa shape index (κ2) is 7.45. The van der Waals surface area contributed by atoms with Gasteiger partial charge in [-0.05, 0) is 5.56 Å². The maximum atomic E-state index is 6.02. The van der Waals surface area contributed by atoms with Gasteiger partial charge in [0.25, 0.3) is 0 Å². The molecule has 0 saturated carbocycles. The molecular formula is C19H17N5OS. The Morgan fingerprint density at radius 1 is 0.962 bits per heavy atom. The number of imidazole rings is 1. The number of aromatic nitrogens is 4. The van der Waals surface area contributed by atoms with Gasteiger partial charge >= 0.3 is 0 Å². The Morgan fingerprint density at radius 2 is 1.69 bits per heavy atom. The van der Waals surface area contributed by atoms with Gasteiger partial charge in [-0.1, -0.05) is 77.6 Å². The van der Waals surface area contributed by atoms with Crippen molar-refractivity contribution in [3.63, 3.8) is 0 Å². The third-order valence-electron chi connectivity index (χ3n) is 3.81. The van der Waals surface area contributed by atoms with Crippen LogP contribution in [0.1, 0.15) is 17.3 Å². The van der Waals surface area contributed by atoms with Crippen molar-refractivity contribution < 1.29 is 4.52 Å². The van der Waals surface area contributed by atoms with Crippen LogP contribution in [0.3, 0.4) is 0 Å². The van der Waals surface area contributed by atoms with Crippen LogP contribution in [0.2, 0.25) is 0 Å². The van der Waals surface area contributed by atoms with E-state index in [1.807, 2.05) is 66.9 Å². The van der Waals surface area contributed by atoms with Crippen LogP contribution in [0.25, 0.3) is 11.3 Å². The smallest absolute Gasteiger partial charge is 0.237 e. The van der Waals surface area contributed by atoms with Crippen molar-refractivity contribution in [2.24, 2.45) is 0 Å². The average Bonchev–Trinajstić information content (AvgIpc) is 3.28. The monoisotopic (exact) mass is 363 g/mol. The van der Waals surface area contributed by atoms with E-state index in [1.54, 1.807) is 0 Å². The Labute approximate surface area is 155 Å². The highest BCUT2D eigenvalue weighted by Crippen LogP contribution is 2.25. The normalized spacial score (nSPS) is 10.9. The minimum atomic E-state index is 0.518. The Morgan fingerprint density at radius 3 is 2.46 bits per heavy atom. The van der Waals surface area contributed by atoms with Crippen LogP contribution >= 0.6 is 11.8 Å². The van der Waals surface area contributed by atoms with Crippen LogP contribution < -0.4 is 5.84 Å². The summed E-state index contributed by atoms with van der Waals surface area (Å²) in [4.78, 5) is 9.02. The van der Waals surface area contributed by atoms with E-state index in [2.05, 4.69) is 15.1 Å². The fraction of sp³-hybridized carbons (Fsp3) is 0.105. The molecule has 0 radical (unpaired) electrons. The second-order valence-corrected chi connectivity index (χ2v) is 6.68. The van der Waals surface area contributed by atoms with Gasteiger partial charge in [0.1, 0.15) is 0 Å². The molecule has 2 aromatic carbocycles. The third-order valence-corrected chi connectivity index (χ3v) is 4.76. The number of nitrogen functional groups attached to an aromatic ring is 1. The summed E-state index contributed by atoms with van der Waals surface area (Å²) in [6, 6.07) is 20.0. The molecule has 0 unspecified atom stereocenters. The predicted octanol–water partition coefficient (Wildman–Crippen LogP) is 3.53. The van der Waals surface area contributed by atoms with Gasteiger partial charge in [-0.2, -0.15) is 4.98 Å². The van der Waals surface area contributed by atoms with E-state index in [0.717, 1.165) is 16.8 Å². The van der Waals surface area contributed by atoms with Crippen LogP contribution in [0.15, 0.2) is 76.5 Å². The highest BCUT2D eigenvalue weighted by molar-refractivity contribution is 7.98. The molecule has 2 aromatic heterocycles. The maximum absolute atomic E-state index is 6.02. The van der Waals surface area contributed by atoms with Crippen molar-refractivity contribution in [1.29, 1.82) is 0 Å². The topological polar surface area (TPSA) is 82.8 Å². The maximum Gasteiger partial charge on any atom is 0.237 e. The molecule has 26 heavy (non-hydrogen) atoms. The first-order valence-electron chi connectivity index (χ1n) is 8.16. The largest absolute Gasteiger partial charge is 0.338 e. The number of nitrogens with two attached hydrogens (primary N) is 1. The molecule has 6 nitrogen and oxygen atoms in total. The molecule has 0 aliphatic rings. The van der Waals surface area contributed by atoms with E-state index < -0.39 is 0 Å². The average molecular weight is 363 g/mol. The number of hydrogen-bond donors (Lipinski definition) is 1.